The molecule has 4 aliphatic carbocycles. The molecule has 0 amide bonds. The monoisotopic (exact) mass is 454 g/mol. The van der Waals surface area contributed by atoms with Crippen LogP contribution in [-0.4, -0.2) is 22.7 Å². The van der Waals surface area contributed by atoms with Gasteiger partial charge in [-0.2, -0.15) is 13.2 Å². The molecule has 4 rings (SSSR count). The van der Waals surface area contributed by atoms with Crippen molar-refractivity contribution in [2.24, 2.45) is 40.4 Å². The molecular formula is C27H41F3O2. The number of hydrogen-bond donors (Lipinski definition) is 1. The minimum atomic E-state index is -4.57. The lowest BCUT2D eigenvalue weighted by Gasteiger charge is -2.57. The van der Waals surface area contributed by atoms with Gasteiger partial charge in [-0.05, 0) is 105 Å². The Morgan fingerprint density at radius 3 is 2.56 bits per heavy atom. The molecule has 0 saturated heterocycles. The highest BCUT2D eigenvalue weighted by atomic mass is 19.4. The van der Waals surface area contributed by atoms with Crippen LogP contribution >= 0.6 is 0 Å². The molecule has 0 aromatic rings. The summed E-state index contributed by atoms with van der Waals surface area (Å²) < 4.78 is 39.4. The first kappa shape index (κ1) is 24.3. The Labute approximate surface area is 191 Å². The second kappa shape index (κ2) is 8.13. The third kappa shape index (κ3) is 3.88. The second-order valence-electron chi connectivity index (χ2n) is 12.3. The number of carbonyl (C=O) groups is 1. The number of ketones is 1. The molecule has 3 fully saturated rings. The number of fused-ring (bicyclic) bond motifs is 5. The van der Waals surface area contributed by atoms with Gasteiger partial charge in [-0.3, -0.25) is 4.79 Å². The third-order valence-corrected chi connectivity index (χ3v) is 10.6. The maximum Gasteiger partial charge on any atom is 0.416 e. The normalized spacial score (nSPS) is 42.8. The largest absolute Gasteiger partial charge is 0.416 e. The van der Waals surface area contributed by atoms with Crippen molar-refractivity contribution in [2.45, 2.75) is 110 Å². The Morgan fingerprint density at radius 1 is 1.16 bits per heavy atom. The maximum absolute atomic E-state index is 13.1. The summed E-state index contributed by atoms with van der Waals surface area (Å²) in [6, 6.07) is 0. The number of Topliss-reactive ketones (excluding diaryl/α,β-unsaturated/α-hetero) is 1. The van der Waals surface area contributed by atoms with Gasteiger partial charge >= 0.3 is 6.18 Å². The van der Waals surface area contributed by atoms with Crippen molar-refractivity contribution < 1.29 is 23.1 Å². The number of allylic oxidation sites excluding steroid dienone is 2. The molecule has 182 valence electrons. The fourth-order valence-electron chi connectivity index (χ4n) is 8.56. The summed E-state index contributed by atoms with van der Waals surface area (Å²) >= 11 is 0. The molecule has 0 radical (unpaired) electrons. The standard InChI is InChI=1S/C27H41F3O2/c1-17(11-15-26(4,32)27(28,29)30)21-9-10-22-20-8-7-18-16-19(31)6-5-13-24(18,2)23(20)12-14-25(21,22)3/h7,17,20-23,32H,5-6,8-16H2,1-4H3/t17-,20+,21-,22+,23+,24+,25-,26-/m1/s1. The molecule has 0 unspecified atom stereocenters. The number of rotatable bonds is 4. The molecule has 0 aromatic carbocycles. The summed E-state index contributed by atoms with van der Waals surface area (Å²) in [7, 11) is 0. The van der Waals surface area contributed by atoms with Crippen molar-refractivity contribution in [1.82, 2.24) is 0 Å². The van der Waals surface area contributed by atoms with Gasteiger partial charge in [0.1, 0.15) is 5.78 Å². The smallest absolute Gasteiger partial charge is 0.381 e. The minimum absolute atomic E-state index is 0.144. The van der Waals surface area contributed by atoms with E-state index in [9.17, 15) is 23.1 Å². The van der Waals surface area contributed by atoms with Gasteiger partial charge in [-0.25, -0.2) is 0 Å². The third-order valence-electron chi connectivity index (χ3n) is 10.6. The summed E-state index contributed by atoms with van der Waals surface area (Å²) in [5.41, 5.74) is -0.894. The van der Waals surface area contributed by atoms with Crippen molar-refractivity contribution >= 4 is 5.78 Å². The lowest BCUT2D eigenvalue weighted by Crippen LogP contribution is -2.49. The average molecular weight is 455 g/mol. The van der Waals surface area contributed by atoms with Crippen molar-refractivity contribution in [3.8, 4) is 0 Å². The lowest BCUT2D eigenvalue weighted by molar-refractivity contribution is -0.256. The van der Waals surface area contributed by atoms with Gasteiger partial charge in [0.2, 0.25) is 0 Å². The highest BCUT2D eigenvalue weighted by Crippen LogP contribution is 2.67. The summed E-state index contributed by atoms with van der Waals surface area (Å²) in [6.07, 6.45) is 7.10. The molecule has 1 N–H and O–H groups in total. The van der Waals surface area contributed by atoms with Crippen LogP contribution in [-0.2, 0) is 4.79 Å². The van der Waals surface area contributed by atoms with Crippen LogP contribution in [0.15, 0.2) is 11.6 Å². The van der Waals surface area contributed by atoms with Crippen molar-refractivity contribution in [2.75, 3.05) is 0 Å². The van der Waals surface area contributed by atoms with E-state index in [2.05, 4.69) is 26.8 Å². The molecule has 0 aliphatic heterocycles. The number of halogens is 3. The Bertz CT molecular complexity index is 769. The van der Waals surface area contributed by atoms with E-state index in [1.165, 1.54) is 18.4 Å². The Morgan fingerprint density at radius 2 is 1.88 bits per heavy atom. The fraction of sp³-hybridized carbons (Fsp3) is 0.889. The van der Waals surface area contributed by atoms with E-state index in [1.54, 1.807) is 0 Å². The van der Waals surface area contributed by atoms with Gasteiger partial charge in [0, 0.05) is 12.8 Å². The number of carbonyl (C=O) groups excluding carboxylic acids is 1. The van der Waals surface area contributed by atoms with Crippen LogP contribution in [0.1, 0.15) is 98.3 Å². The number of alkyl halides is 3. The van der Waals surface area contributed by atoms with Crippen molar-refractivity contribution in [3.05, 3.63) is 11.6 Å². The Hall–Kier alpha value is -0.840. The molecule has 0 spiro atoms. The van der Waals surface area contributed by atoms with Crippen LogP contribution in [0, 0.1) is 40.4 Å². The van der Waals surface area contributed by atoms with E-state index < -0.39 is 11.8 Å². The van der Waals surface area contributed by atoms with E-state index in [1.807, 2.05) is 0 Å². The molecule has 2 nitrogen and oxygen atoms in total. The SMILES string of the molecule is C[C@H](CC[C@@](C)(O)C(F)(F)F)[C@H]1CC[C@H]2[C@@H]3CC=C4CC(=O)CCC[C@]4(C)[C@H]3CC[C@]12C. The first-order valence-corrected chi connectivity index (χ1v) is 12.8. The zero-order valence-electron chi connectivity index (χ0n) is 20.2. The number of aliphatic hydroxyl groups is 1. The van der Waals surface area contributed by atoms with Crippen LogP contribution in [0.4, 0.5) is 13.2 Å². The summed E-state index contributed by atoms with van der Waals surface area (Å²) in [6.45, 7) is 7.83. The Kier molecular flexibility index (Phi) is 6.17. The van der Waals surface area contributed by atoms with Crippen LogP contribution in [0.2, 0.25) is 0 Å². The van der Waals surface area contributed by atoms with E-state index in [-0.39, 0.29) is 23.2 Å². The van der Waals surface area contributed by atoms with E-state index in [0.717, 1.165) is 39.0 Å². The molecule has 8 atom stereocenters. The molecular weight excluding hydrogens is 413 g/mol. The molecule has 3 saturated carbocycles. The van der Waals surface area contributed by atoms with E-state index in [0.29, 0.717) is 48.7 Å². The minimum Gasteiger partial charge on any atom is -0.381 e. The molecule has 4 aliphatic rings. The lowest BCUT2D eigenvalue weighted by atomic mass is 9.48. The summed E-state index contributed by atoms with van der Waals surface area (Å²) in [4.78, 5) is 12.3. The Balaban J connectivity index is 1.50. The first-order chi connectivity index (χ1) is 14.8. The predicted octanol–water partition coefficient (Wildman–Crippen LogP) is 7.25. The van der Waals surface area contributed by atoms with Crippen LogP contribution in [0.25, 0.3) is 0 Å². The molecule has 5 heteroatoms. The quantitative estimate of drug-likeness (QED) is 0.454. The van der Waals surface area contributed by atoms with Crippen molar-refractivity contribution in [3.63, 3.8) is 0 Å². The topological polar surface area (TPSA) is 37.3 Å². The maximum atomic E-state index is 13.1. The van der Waals surface area contributed by atoms with Crippen molar-refractivity contribution in [1.29, 1.82) is 0 Å². The molecule has 32 heavy (non-hydrogen) atoms. The van der Waals surface area contributed by atoms with Gasteiger partial charge in [0.15, 0.2) is 5.60 Å². The van der Waals surface area contributed by atoms with Crippen LogP contribution in [0.3, 0.4) is 0 Å². The highest BCUT2D eigenvalue weighted by molar-refractivity contribution is 5.81. The molecule has 0 aromatic heterocycles. The van der Waals surface area contributed by atoms with E-state index >= 15 is 0 Å². The van der Waals surface area contributed by atoms with Gasteiger partial charge < -0.3 is 5.11 Å². The first-order valence-electron chi connectivity index (χ1n) is 12.8. The average Bonchev–Trinajstić information content (AvgIpc) is 2.96. The van der Waals surface area contributed by atoms with Gasteiger partial charge in [0.25, 0.3) is 0 Å². The molecule has 0 heterocycles. The van der Waals surface area contributed by atoms with Gasteiger partial charge in [0.05, 0.1) is 0 Å². The zero-order chi connectivity index (χ0) is 23.5. The predicted molar refractivity (Wildman–Crippen MR) is 120 cm³/mol. The van der Waals surface area contributed by atoms with Crippen LogP contribution in [0.5, 0.6) is 0 Å². The number of hydrogen-bond acceptors (Lipinski definition) is 2. The van der Waals surface area contributed by atoms with Gasteiger partial charge in [-0.1, -0.05) is 32.4 Å². The summed E-state index contributed by atoms with van der Waals surface area (Å²) in [5.74, 6) is 2.87. The van der Waals surface area contributed by atoms with Gasteiger partial charge in [-0.15, -0.1) is 0 Å². The fourth-order valence-corrected chi connectivity index (χ4v) is 8.56. The van der Waals surface area contributed by atoms with E-state index in [4.69, 9.17) is 0 Å². The summed E-state index contributed by atoms with van der Waals surface area (Å²) in [5, 5.41) is 9.92. The molecule has 0 bridgehead atoms. The second-order valence-corrected chi connectivity index (χ2v) is 12.3. The zero-order valence-corrected chi connectivity index (χ0v) is 20.2. The highest BCUT2D eigenvalue weighted by Gasteiger charge is 2.59. The van der Waals surface area contributed by atoms with Crippen LogP contribution < -0.4 is 0 Å².